The molecule has 0 atom stereocenters. The summed E-state index contributed by atoms with van der Waals surface area (Å²) in [6.45, 7) is 1.35. The van der Waals surface area contributed by atoms with Crippen LogP contribution in [-0.2, 0) is 14.8 Å². The van der Waals surface area contributed by atoms with E-state index >= 15 is 0 Å². The van der Waals surface area contributed by atoms with E-state index in [4.69, 9.17) is 11.6 Å². The summed E-state index contributed by atoms with van der Waals surface area (Å²) in [5.74, 6) is -0.687. The van der Waals surface area contributed by atoms with Crippen LogP contribution in [0, 0.1) is 5.82 Å². The summed E-state index contributed by atoms with van der Waals surface area (Å²) in [4.78, 5) is 19.3. The second-order valence-electron chi connectivity index (χ2n) is 6.46. The van der Waals surface area contributed by atoms with Crippen molar-refractivity contribution in [2.45, 2.75) is 11.8 Å². The predicted octanol–water partition coefficient (Wildman–Crippen LogP) is 3.34. The molecule has 2 N–H and O–H groups in total. The molecule has 0 unspecified atom stereocenters. The maximum absolute atomic E-state index is 13.1. The number of carbonyl (C=O) groups excluding carboxylic acids is 1. The van der Waals surface area contributed by atoms with Crippen LogP contribution in [0.2, 0.25) is 5.15 Å². The number of fused-ring (bicyclic) bond motifs is 1. The van der Waals surface area contributed by atoms with Crippen molar-refractivity contribution in [3.63, 3.8) is 0 Å². The molecule has 158 valence electrons. The Hall–Kier alpha value is -3.57. The van der Waals surface area contributed by atoms with Crippen LogP contribution >= 0.6 is 11.6 Å². The van der Waals surface area contributed by atoms with E-state index < -0.39 is 15.8 Å². The molecule has 0 aliphatic carbocycles. The number of nitrogens with zero attached hydrogens (tertiary/aromatic N) is 4. The Labute approximate surface area is 181 Å². The molecule has 4 aromatic rings. The van der Waals surface area contributed by atoms with Crippen molar-refractivity contribution in [3.05, 3.63) is 65.8 Å². The van der Waals surface area contributed by atoms with Gasteiger partial charge in [-0.15, -0.1) is 5.10 Å². The zero-order valence-corrected chi connectivity index (χ0v) is 17.4. The van der Waals surface area contributed by atoms with Crippen LogP contribution in [0.4, 0.5) is 16.0 Å². The van der Waals surface area contributed by atoms with Crippen LogP contribution in [-0.4, -0.2) is 33.9 Å². The number of nitrogens with one attached hydrogen (secondary N) is 2. The zero-order chi connectivity index (χ0) is 22.2. The van der Waals surface area contributed by atoms with Crippen LogP contribution in [0.1, 0.15) is 6.92 Å². The minimum Gasteiger partial charge on any atom is -0.293 e. The minimum absolute atomic E-state index is 0.0517. The van der Waals surface area contributed by atoms with E-state index in [2.05, 4.69) is 25.1 Å². The van der Waals surface area contributed by atoms with Gasteiger partial charge in [-0.05, 0) is 42.5 Å². The maximum Gasteiger partial charge on any atom is 0.261 e. The first-order valence-electron chi connectivity index (χ1n) is 8.79. The average Bonchev–Trinajstić information content (AvgIpc) is 3.10. The first kappa shape index (κ1) is 20.7. The van der Waals surface area contributed by atoms with Crippen LogP contribution in [0.15, 0.2) is 59.8 Å². The van der Waals surface area contributed by atoms with Crippen molar-refractivity contribution >= 4 is 44.8 Å². The number of hydrogen-bond acceptors (Lipinski definition) is 6. The van der Waals surface area contributed by atoms with Gasteiger partial charge in [0.25, 0.3) is 10.0 Å². The van der Waals surface area contributed by atoms with E-state index in [9.17, 15) is 17.6 Å². The molecule has 0 saturated carbocycles. The fourth-order valence-electron chi connectivity index (χ4n) is 2.76. The van der Waals surface area contributed by atoms with E-state index in [1.807, 2.05) is 0 Å². The lowest BCUT2D eigenvalue weighted by Gasteiger charge is -2.11. The fourth-order valence-corrected chi connectivity index (χ4v) is 4.02. The van der Waals surface area contributed by atoms with Gasteiger partial charge in [-0.1, -0.05) is 11.6 Å². The monoisotopic (exact) mass is 460 g/mol. The Kier molecular flexibility index (Phi) is 5.29. The first-order valence-corrected chi connectivity index (χ1v) is 10.7. The Bertz CT molecular complexity index is 1410. The molecule has 0 aliphatic heterocycles. The normalized spacial score (nSPS) is 11.5. The van der Waals surface area contributed by atoms with Gasteiger partial charge in [-0.2, -0.15) is 4.98 Å². The van der Waals surface area contributed by atoms with Gasteiger partial charge in [-0.3, -0.25) is 14.8 Å². The lowest BCUT2D eigenvalue weighted by atomic mass is 10.1. The standard InChI is InChI=1S/C19H14ClFN6O3S/c1-11(28)23-19-24-17-7-2-12(10-27(17)25-19)13-8-16(18(20)22-9-13)26-31(29,30)15-5-3-14(21)4-6-15/h2-10,26H,1H3,(H,23,25,28). The first-order chi connectivity index (χ1) is 14.7. The molecule has 0 saturated heterocycles. The summed E-state index contributed by atoms with van der Waals surface area (Å²) in [6.07, 6.45) is 3.13. The highest BCUT2D eigenvalue weighted by molar-refractivity contribution is 7.92. The molecule has 12 heteroatoms. The Balaban J connectivity index is 1.67. The molecule has 0 radical (unpaired) electrons. The van der Waals surface area contributed by atoms with E-state index in [1.165, 1.54) is 23.7 Å². The molecule has 0 bridgehead atoms. The van der Waals surface area contributed by atoms with Gasteiger partial charge in [-0.25, -0.2) is 22.3 Å². The van der Waals surface area contributed by atoms with Crippen LogP contribution in [0.25, 0.3) is 16.8 Å². The summed E-state index contributed by atoms with van der Waals surface area (Å²) < 4.78 is 42.1. The summed E-state index contributed by atoms with van der Waals surface area (Å²) in [7, 11) is -4.00. The SMILES string of the molecule is CC(=O)Nc1nc2ccc(-c3cnc(Cl)c(NS(=O)(=O)c4ccc(F)cc4)c3)cn2n1. The number of hydrogen-bond donors (Lipinski definition) is 2. The molecule has 9 nitrogen and oxygen atoms in total. The van der Waals surface area contributed by atoms with Gasteiger partial charge < -0.3 is 0 Å². The van der Waals surface area contributed by atoms with Gasteiger partial charge in [0.1, 0.15) is 5.82 Å². The molecule has 0 spiro atoms. The molecule has 31 heavy (non-hydrogen) atoms. The molecule has 0 fully saturated rings. The molecule has 1 aromatic carbocycles. The second kappa shape index (κ2) is 7.93. The van der Waals surface area contributed by atoms with Gasteiger partial charge in [0, 0.05) is 30.4 Å². The second-order valence-corrected chi connectivity index (χ2v) is 8.50. The fraction of sp³-hybridized carbons (Fsp3) is 0.0526. The Morgan fingerprint density at radius 3 is 2.58 bits per heavy atom. The highest BCUT2D eigenvalue weighted by atomic mass is 35.5. The third-order valence-corrected chi connectivity index (χ3v) is 5.84. The average molecular weight is 461 g/mol. The third-order valence-electron chi connectivity index (χ3n) is 4.16. The van der Waals surface area contributed by atoms with E-state index in [-0.39, 0.29) is 27.6 Å². The van der Waals surface area contributed by atoms with Crippen molar-refractivity contribution in [2.75, 3.05) is 10.0 Å². The molecular weight excluding hydrogens is 447 g/mol. The Morgan fingerprint density at radius 1 is 1.13 bits per heavy atom. The molecule has 3 aromatic heterocycles. The highest BCUT2D eigenvalue weighted by Crippen LogP contribution is 2.29. The van der Waals surface area contributed by atoms with Crippen molar-refractivity contribution in [2.24, 2.45) is 0 Å². The van der Waals surface area contributed by atoms with Gasteiger partial charge >= 0.3 is 0 Å². The smallest absolute Gasteiger partial charge is 0.261 e. The molecule has 4 rings (SSSR count). The van der Waals surface area contributed by atoms with E-state index in [0.29, 0.717) is 16.8 Å². The van der Waals surface area contributed by atoms with E-state index in [0.717, 1.165) is 24.3 Å². The Morgan fingerprint density at radius 2 is 1.87 bits per heavy atom. The van der Waals surface area contributed by atoms with Crippen molar-refractivity contribution in [1.29, 1.82) is 0 Å². The molecular formula is C19H14ClFN6O3S. The molecule has 1 amide bonds. The molecule has 0 aliphatic rings. The highest BCUT2D eigenvalue weighted by Gasteiger charge is 2.17. The number of anilines is 2. The lowest BCUT2D eigenvalue weighted by molar-refractivity contribution is -0.114. The number of halogens is 2. The van der Waals surface area contributed by atoms with Gasteiger partial charge in [0.05, 0.1) is 10.6 Å². The number of rotatable bonds is 5. The van der Waals surface area contributed by atoms with Crippen LogP contribution in [0.5, 0.6) is 0 Å². The van der Waals surface area contributed by atoms with Crippen molar-refractivity contribution in [3.8, 4) is 11.1 Å². The number of aromatic nitrogens is 4. The summed E-state index contributed by atoms with van der Waals surface area (Å²) in [6, 6.07) is 9.34. The number of amides is 1. The summed E-state index contributed by atoms with van der Waals surface area (Å²) in [5, 5.41) is 6.62. The largest absolute Gasteiger partial charge is 0.293 e. The number of benzene rings is 1. The lowest BCUT2D eigenvalue weighted by Crippen LogP contribution is -2.13. The predicted molar refractivity (Wildman–Crippen MR) is 113 cm³/mol. The quantitative estimate of drug-likeness (QED) is 0.441. The summed E-state index contributed by atoms with van der Waals surface area (Å²) >= 11 is 6.08. The summed E-state index contributed by atoms with van der Waals surface area (Å²) in [5.41, 5.74) is 1.77. The number of sulfonamides is 1. The molecule has 3 heterocycles. The van der Waals surface area contributed by atoms with Gasteiger partial charge in [0.15, 0.2) is 10.8 Å². The number of pyridine rings is 2. The van der Waals surface area contributed by atoms with Crippen LogP contribution in [0.3, 0.4) is 0 Å². The third kappa shape index (κ3) is 4.47. The van der Waals surface area contributed by atoms with Crippen molar-refractivity contribution < 1.29 is 17.6 Å². The minimum atomic E-state index is -4.00. The van der Waals surface area contributed by atoms with Crippen molar-refractivity contribution in [1.82, 2.24) is 19.6 Å². The van der Waals surface area contributed by atoms with Crippen LogP contribution < -0.4 is 10.0 Å². The maximum atomic E-state index is 13.1. The topological polar surface area (TPSA) is 118 Å². The zero-order valence-electron chi connectivity index (χ0n) is 15.9. The number of carbonyl (C=O) groups is 1. The van der Waals surface area contributed by atoms with Gasteiger partial charge in [0.2, 0.25) is 11.9 Å². The van der Waals surface area contributed by atoms with E-state index in [1.54, 1.807) is 18.3 Å².